The average Bonchev–Trinajstić information content (AvgIpc) is 3.08. The van der Waals surface area contributed by atoms with E-state index in [-0.39, 0.29) is 0 Å². The van der Waals surface area contributed by atoms with Gasteiger partial charge in [-0.2, -0.15) is 0 Å². The van der Waals surface area contributed by atoms with Gasteiger partial charge >= 0.3 is 0 Å². The SMILES string of the molecule is Cc1cc(C)c(CCl)c(N2CCCC2C2CCCC2)n1. The van der Waals surface area contributed by atoms with E-state index in [2.05, 4.69) is 24.8 Å². The minimum Gasteiger partial charge on any atom is -0.353 e. The van der Waals surface area contributed by atoms with E-state index in [0.717, 1.165) is 18.2 Å². The van der Waals surface area contributed by atoms with Gasteiger partial charge in [0.15, 0.2) is 0 Å². The van der Waals surface area contributed by atoms with Gasteiger partial charge in [0.25, 0.3) is 0 Å². The zero-order chi connectivity index (χ0) is 14.1. The predicted octanol–water partition coefficient (Wildman–Crippen LogP) is 4.60. The summed E-state index contributed by atoms with van der Waals surface area (Å²) in [5.74, 6) is 2.62. The molecule has 3 rings (SSSR count). The lowest BCUT2D eigenvalue weighted by atomic mass is 9.95. The zero-order valence-corrected chi connectivity index (χ0v) is 13.4. The average molecular weight is 293 g/mol. The Kier molecular flexibility index (Phi) is 4.21. The Morgan fingerprint density at radius 2 is 1.95 bits per heavy atom. The van der Waals surface area contributed by atoms with Crippen molar-refractivity contribution in [2.75, 3.05) is 11.4 Å². The molecule has 1 unspecified atom stereocenters. The summed E-state index contributed by atoms with van der Waals surface area (Å²) in [5, 5.41) is 0. The van der Waals surface area contributed by atoms with Gasteiger partial charge in [0.1, 0.15) is 5.82 Å². The molecule has 2 nitrogen and oxygen atoms in total. The number of anilines is 1. The van der Waals surface area contributed by atoms with Crippen LogP contribution in [0.15, 0.2) is 6.07 Å². The Bertz CT molecular complexity index is 480. The van der Waals surface area contributed by atoms with Crippen molar-refractivity contribution < 1.29 is 0 Å². The van der Waals surface area contributed by atoms with Crippen LogP contribution >= 0.6 is 11.6 Å². The smallest absolute Gasteiger partial charge is 0.133 e. The second-order valence-electron chi connectivity index (χ2n) is 6.46. The standard InChI is InChI=1S/C17H25ClN2/c1-12-10-13(2)19-17(15(12)11-18)20-9-5-8-16(20)14-6-3-4-7-14/h10,14,16H,3-9,11H2,1-2H3. The fourth-order valence-electron chi connectivity index (χ4n) is 4.13. The zero-order valence-electron chi connectivity index (χ0n) is 12.7. The molecule has 20 heavy (non-hydrogen) atoms. The van der Waals surface area contributed by atoms with Crippen molar-refractivity contribution in [1.29, 1.82) is 0 Å². The molecule has 1 saturated heterocycles. The van der Waals surface area contributed by atoms with Crippen molar-refractivity contribution in [1.82, 2.24) is 4.98 Å². The molecule has 2 heterocycles. The molecule has 1 saturated carbocycles. The summed E-state index contributed by atoms with van der Waals surface area (Å²) in [5.41, 5.74) is 3.64. The predicted molar refractivity (Wildman–Crippen MR) is 85.6 cm³/mol. The van der Waals surface area contributed by atoms with E-state index in [9.17, 15) is 0 Å². The van der Waals surface area contributed by atoms with Crippen molar-refractivity contribution >= 4 is 17.4 Å². The summed E-state index contributed by atoms with van der Waals surface area (Å²) in [6, 6.07) is 2.86. The molecule has 0 radical (unpaired) electrons. The maximum atomic E-state index is 6.21. The van der Waals surface area contributed by atoms with E-state index in [0.29, 0.717) is 11.9 Å². The quantitative estimate of drug-likeness (QED) is 0.757. The molecule has 2 aliphatic rings. The number of nitrogens with zero attached hydrogens (tertiary/aromatic N) is 2. The van der Waals surface area contributed by atoms with E-state index in [1.165, 1.54) is 55.5 Å². The summed E-state index contributed by atoms with van der Waals surface area (Å²) in [7, 11) is 0. The van der Waals surface area contributed by atoms with Crippen molar-refractivity contribution in [3.05, 3.63) is 22.9 Å². The van der Waals surface area contributed by atoms with Gasteiger partial charge in [-0.15, -0.1) is 11.6 Å². The lowest BCUT2D eigenvalue weighted by molar-refractivity contribution is 0.428. The molecule has 3 heteroatoms. The van der Waals surface area contributed by atoms with Crippen LogP contribution in [-0.4, -0.2) is 17.6 Å². The number of halogens is 1. The Hall–Kier alpha value is -0.760. The van der Waals surface area contributed by atoms with Gasteiger partial charge in [0.2, 0.25) is 0 Å². The number of hydrogen-bond donors (Lipinski definition) is 0. The Morgan fingerprint density at radius 1 is 1.20 bits per heavy atom. The highest BCUT2D eigenvalue weighted by molar-refractivity contribution is 6.17. The first-order valence-electron chi connectivity index (χ1n) is 8.00. The first-order chi connectivity index (χ1) is 9.70. The Balaban J connectivity index is 1.94. The Labute approximate surface area is 127 Å². The van der Waals surface area contributed by atoms with E-state index in [1.54, 1.807) is 0 Å². The van der Waals surface area contributed by atoms with E-state index in [4.69, 9.17) is 16.6 Å². The van der Waals surface area contributed by atoms with Gasteiger partial charge in [0, 0.05) is 23.8 Å². The summed E-state index contributed by atoms with van der Waals surface area (Å²) in [6.07, 6.45) is 8.28. The molecule has 1 aliphatic heterocycles. The molecule has 2 fully saturated rings. The summed E-state index contributed by atoms with van der Waals surface area (Å²) in [6.45, 7) is 5.41. The van der Waals surface area contributed by atoms with Crippen molar-refractivity contribution in [3.8, 4) is 0 Å². The minimum atomic E-state index is 0.572. The second kappa shape index (κ2) is 5.93. The molecule has 0 spiro atoms. The number of aryl methyl sites for hydroxylation is 2. The lowest BCUT2D eigenvalue weighted by Crippen LogP contribution is -2.36. The topological polar surface area (TPSA) is 16.1 Å². The van der Waals surface area contributed by atoms with Crippen LogP contribution in [0.1, 0.15) is 55.3 Å². The minimum absolute atomic E-state index is 0.572. The molecule has 1 aromatic heterocycles. The second-order valence-corrected chi connectivity index (χ2v) is 6.73. The van der Waals surface area contributed by atoms with E-state index >= 15 is 0 Å². The van der Waals surface area contributed by atoms with Crippen LogP contribution in [0.4, 0.5) is 5.82 Å². The van der Waals surface area contributed by atoms with Crippen molar-refractivity contribution in [2.24, 2.45) is 5.92 Å². The summed E-state index contributed by atoms with van der Waals surface area (Å²) >= 11 is 6.21. The molecule has 0 amide bonds. The van der Waals surface area contributed by atoms with Crippen LogP contribution < -0.4 is 4.90 Å². The number of hydrogen-bond acceptors (Lipinski definition) is 2. The number of pyridine rings is 1. The Morgan fingerprint density at radius 3 is 2.65 bits per heavy atom. The third-order valence-electron chi connectivity index (χ3n) is 5.10. The van der Waals surface area contributed by atoms with E-state index in [1.807, 2.05) is 0 Å². The van der Waals surface area contributed by atoms with Gasteiger partial charge in [-0.05, 0) is 57.1 Å². The number of alkyl halides is 1. The first kappa shape index (κ1) is 14.2. The number of rotatable bonds is 3. The molecule has 0 bridgehead atoms. The highest BCUT2D eigenvalue weighted by Gasteiger charge is 2.35. The fourth-order valence-corrected chi connectivity index (χ4v) is 4.46. The summed E-state index contributed by atoms with van der Waals surface area (Å²) in [4.78, 5) is 7.43. The van der Waals surface area contributed by atoms with Crippen molar-refractivity contribution in [3.63, 3.8) is 0 Å². The van der Waals surface area contributed by atoms with Gasteiger partial charge in [-0.25, -0.2) is 4.98 Å². The molecule has 1 aromatic rings. The van der Waals surface area contributed by atoms with Crippen LogP contribution in [0.25, 0.3) is 0 Å². The molecule has 110 valence electrons. The molecular formula is C17H25ClN2. The van der Waals surface area contributed by atoms with Gasteiger partial charge in [-0.3, -0.25) is 0 Å². The van der Waals surface area contributed by atoms with Crippen LogP contribution in [0, 0.1) is 19.8 Å². The maximum absolute atomic E-state index is 6.21. The normalized spacial score (nSPS) is 23.8. The highest BCUT2D eigenvalue weighted by Crippen LogP contribution is 2.39. The maximum Gasteiger partial charge on any atom is 0.133 e. The van der Waals surface area contributed by atoms with Gasteiger partial charge in [0.05, 0.1) is 5.88 Å². The third kappa shape index (κ3) is 2.55. The monoisotopic (exact) mass is 292 g/mol. The van der Waals surface area contributed by atoms with Crippen LogP contribution in [0.3, 0.4) is 0 Å². The third-order valence-corrected chi connectivity index (χ3v) is 5.37. The number of aromatic nitrogens is 1. The van der Waals surface area contributed by atoms with Crippen LogP contribution in [0.5, 0.6) is 0 Å². The molecule has 0 N–H and O–H groups in total. The summed E-state index contributed by atoms with van der Waals surface area (Å²) < 4.78 is 0. The van der Waals surface area contributed by atoms with Crippen LogP contribution in [0.2, 0.25) is 0 Å². The molecule has 0 aromatic carbocycles. The van der Waals surface area contributed by atoms with Gasteiger partial charge in [-0.1, -0.05) is 12.8 Å². The van der Waals surface area contributed by atoms with Gasteiger partial charge < -0.3 is 4.90 Å². The van der Waals surface area contributed by atoms with Crippen molar-refractivity contribution in [2.45, 2.75) is 64.3 Å². The largest absolute Gasteiger partial charge is 0.353 e. The van der Waals surface area contributed by atoms with Crippen LogP contribution in [-0.2, 0) is 5.88 Å². The first-order valence-corrected chi connectivity index (χ1v) is 8.54. The molecule has 1 atom stereocenters. The highest BCUT2D eigenvalue weighted by atomic mass is 35.5. The molecule has 1 aliphatic carbocycles. The fraction of sp³-hybridized carbons (Fsp3) is 0.706. The molecular weight excluding hydrogens is 268 g/mol. The lowest BCUT2D eigenvalue weighted by Gasteiger charge is -2.32. The van der Waals surface area contributed by atoms with E-state index < -0.39 is 0 Å².